The number of amides is 1. The average Bonchev–Trinajstić information content (AvgIpc) is 3.16. The van der Waals surface area contributed by atoms with Crippen molar-refractivity contribution in [3.63, 3.8) is 0 Å². The number of imidazole rings is 1. The van der Waals surface area contributed by atoms with Gasteiger partial charge in [0, 0.05) is 18.1 Å². The van der Waals surface area contributed by atoms with Crippen molar-refractivity contribution < 1.29 is 23.0 Å². The number of hydrogen-bond donors (Lipinski definition) is 1. The molecule has 0 atom stereocenters. The predicted molar refractivity (Wildman–Crippen MR) is 107 cm³/mol. The van der Waals surface area contributed by atoms with Crippen LogP contribution in [0.1, 0.15) is 16.1 Å². The molecule has 2 aromatic carbocycles. The second-order valence-electron chi connectivity index (χ2n) is 6.34. The van der Waals surface area contributed by atoms with Crippen LogP contribution >= 0.6 is 0 Å². The van der Waals surface area contributed by atoms with Gasteiger partial charge in [-0.1, -0.05) is 18.2 Å². The molecule has 30 heavy (non-hydrogen) atoms. The molecule has 0 aliphatic heterocycles. The highest BCUT2D eigenvalue weighted by Gasteiger charge is 2.14. The molecule has 0 bridgehead atoms. The monoisotopic (exact) mass is 409 g/mol. The number of ether oxygens (including phenoxy) is 2. The summed E-state index contributed by atoms with van der Waals surface area (Å²) >= 11 is 0. The first-order chi connectivity index (χ1) is 14.6. The van der Waals surface area contributed by atoms with Gasteiger partial charge in [-0.15, -0.1) is 0 Å². The first-order valence-corrected chi connectivity index (χ1v) is 9.09. The van der Waals surface area contributed by atoms with Crippen LogP contribution in [0.5, 0.6) is 11.5 Å². The molecule has 0 spiro atoms. The van der Waals surface area contributed by atoms with E-state index in [0.717, 1.165) is 11.3 Å². The van der Waals surface area contributed by atoms with Crippen molar-refractivity contribution in [2.24, 2.45) is 0 Å². The molecule has 4 aromatic rings. The molecule has 8 heteroatoms. The lowest BCUT2D eigenvalue weighted by Crippen LogP contribution is -2.13. The lowest BCUT2D eigenvalue weighted by atomic mass is 10.2. The highest BCUT2D eigenvalue weighted by Crippen LogP contribution is 2.22. The quantitative estimate of drug-likeness (QED) is 0.478. The molecule has 1 N–H and O–H groups in total. The van der Waals surface area contributed by atoms with Crippen molar-refractivity contribution in [3.05, 3.63) is 90.4 Å². The van der Waals surface area contributed by atoms with Gasteiger partial charge in [0.25, 0.3) is 5.91 Å². The third kappa shape index (κ3) is 4.54. The van der Waals surface area contributed by atoms with Crippen LogP contribution in [0.4, 0.5) is 14.5 Å². The summed E-state index contributed by atoms with van der Waals surface area (Å²) in [5.41, 5.74) is 2.32. The Morgan fingerprint density at radius 1 is 1.03 bits per heavy atom. The zero-order valence-electron chi connectivity index (χ0n) is 15.7. The molecule has 4 rings (SSSR count). The third-order valence-electron chi connectivity index (χ3n) is 4.26. The second-order valence-corrected chi connectivity index (χ2v) is 6.34. The number of anilines is 1. The maximum Gasteiger partial charge on any atom is 0.387 e. The smallest absolute Gasteiger partial charge is 0.387 e. The fourth-order valence-electron chi connectivity index (χ4n) is 2.91. The van der Waals surface area contributed by atoms with E-state index in [2.05, 4.69) is 15.0 Å². The Morgan fingerprint density at radius 2 is 1.80 bits per heavy atom. The summed E-state index contributed by atoms with van der Waals surface area (Å²) in [5, 5.41) is 2.72. The minimum absolute atomic E-state index is 0.0131. The van der Waals surface area contributed by atoms with E-state index in [1.807, 2.05) is 35.0 Å². The molecule has 152 valence electrons. The molecule has 0 aliphatic rings. The minimum atomic E-state index is -2.90. The number of carbonyl (C=O) groups is 1. The number of pyridine rings is 1. The number of carbonyl (C=O) groups excluding carboxylic acids is 1. The van der Waals surface area contributed by atoms with Gasteiger partial charge in [-0.25, -0.2) is 4.98 Å². The molecule has 1 amide bonds. The first kappa shape index (κ1) is 19.4. The fraction of sp³-hybridized carbons (Fsp3) is 0.0909. The number of nitrogens with zero attached hydrogens (tertiary/aromatic N) is 2. The van der Waals surface area contributed by atoms with Gasteiger partial charge in [0.1, 0.15) is 23.8 Å². The topological polar surface area (TPSA) is 64.9 Å². The van der Waals surface area contributed by atoms with Crippen LogP contribution in [-0.2, 0) is 6.61 Å². The number of nitrogens with one attached hydrogen (secondary N) is 1. The van der Waals surface area contributed by atoms with E-state index in [4.69, 9.17) is 4.74 Å². The SMILES string of the molecule is O=C(Nc1ccc(OC(F)F)cc1)c1ccccc1OCc1cn2ccccc2n1. The van der Waals surface area contributed by atoms with E-state index < -0.39 is 6.61 Å². The predicted octanol–water partition coefficient (Wildman–Crippen LogP) is 4.77. The number of benzene rings is 2. The van der Waals surface area contributed by atoms with Crippen LogP contribution in [0.2, 0.25) is 0 Å². The molecular weight excluding hydrogens is 392 g/mol. The molecule has 0 unspecified atom stereocenters. The van der Waals surface area contributed by atoms with Gasteiger partial charge in [-0.3, -0.25) is 4.79 Å². The summed E-state index contributed by atoms with van der Waals surface area (Å²) in [6.07, 6.45) is 3.76. The van der Waals surface area contributed by atoms with Crippen molar-refractivity contribution in [2.75, 3.05) is 5.32 Å². The maximum atomic E-state index is 12.7. The highest BCUT2D eigenvalue weighted by atomic mass is 19.3. The molecular formula is C22H17F2N3O3. The van der Waals surface area contributed by atoms with Gasteiger partial charge < -0.3 is 19.2 Å². The standard InChI is InChI=1S/C22H17F2N3O3/c23-22(24)30-17-10-8-15(9-11-17)26-21(28)18-5-1-2-6-19(18)29-14-16-13-27-12-4-3-7-20(27)25-16/h1-13,22H,14H2,(H,26,28). The van der Waals surface area contributed by atoms with Crippen LogP contribution in [0.15, 0.2) is 79.1 Å². The Bertz CT molecular complexity index is 1130. The number of aromatic nitrogens is 2. The van der Waals surface area contributed by atoms with Gasteiger partial charge in [0.2, 0.25) is 0 Å². The molecule has 2 aromatic heterocycles. The molecule has 0 saturated carbocycles. The molecule has 0 radical (unpaired) electrons. The van der Waals surface area contributed by atoms with Crippen molar-refractivity contribution in [3.8, 4) is 11.5 Å². The Kier molecular flexibility index (Phi) is 5.56. The Balaban J connectivity index is 1.44. The zero-order chi connectivity index (χ0) is 20.9. The Labute approximate surface area is 170 Å². The van der Waals surface area contributed by atoms with Gasteiger partial charge in [-0.2, -0.15) is 8.78 Å². The second kappa shape index (κ2) is 8.60. The Morgan fingerprint density at radius 3 is 2.57 bits per heavy atom. The van der Waals surface area contributed by atoms with Gasteiger partial charge >= 0.3 is 6.61 Å². The summed E-state index contributed by atoms with van der Waals surface area (Å²) in [4.78, 5) is 17.2. The lowest BCUT2D eigenvalue weighted by molar-refractivity contribution is -0.0498. The van der Waals surface area contributed by atoms with E-state index in [9.17, 15) is 13.6 Å². The molecule has 0 fully saturated rings. The number of para-hydroxylation sites is 1. The van der Waals surface area contributed by atoms with E-state index in [-0.39, 0.29) is 18.3 Å². The number of halogens is 2. The van der Waals surface area contributed by atoms with Crippen LogP contribution in [0.25, 0.3) is 5.65 Å². The number of fused-ring (bicyclic) bond motifs is 1. The summed E-state index contributed by atoms with van der Waals surface area (Å²) in [6.45, 7) is -2.70. The molecule has 0 aliphatic carbocycles. The summed E-state index contributed by atoms with van der Waals surface area (Å²) in [7, 11) is 0. The average molecular weight is 409 g/mol. The summed E-state index contributed by atoms with van der Waals surface area (Å²) in [5.74, 6) is 0.0343. The van der Waals surface area contributed by atoms with Crippen molar-refractivity contribution >= 4 is 17.2 Å². The largest absolute Gasteiger partial charge is 0.486 e. The number of alkyl halides is 2. The van der Waals surface area contributed by atoms with Crippen LogP contribution in [0, 0.1) is 0 Å². The third-order valence-corrected chi connectivity index (χ3v) is 4.26. The van der Waals surface area contributed by atoms with Crippen LogP contribution in [-0.4, -0.2) is 21.9 Å². The number of hydrogen-bond acceptors (Lipinski definition) is 4. The lowest BCUT2D eigenvalue weighted by Gasteiger charge is -2.11. The molecule has 6 nitrogen and oxygen atoms in total. The van der Waals surface area contributed by atoms with Gasteiger partial charge in [0.05, 0.1) is 11.3 Å². The molecule has 2 heterocycles. The summed E-state index contributed by atoms with van der Waals surface area (Å²) < 4.78 is 36.5. The first-order valence-electron chi connectivity index (χ1n) is 9.09. The van der Waals surface area contributed by atoms with Gasteiger partial charge in [0.15, 0.2) is 0 Å². The van der Waals surface area contributed by atoms with Crippen molar-refractivity contribution in [1.29, 1.82) is 0 Å². The van der Waals surface area contributed by atoms with Crippen LogP contribution < -0.4 is 14.8 Å². The van der Waals surface area contributed by atoms with E-state index in [1.54, 1.807) is 24.3 Å². The fourth-order valence-corrected chi connectivity index (χ4v) is 2.91. The maximum absolute atomic E-state index is 12.7. The van der Waals surface area contributed by atoms with E-state index in [0.29, 0.717) is 17.0 Å². The van der Waals surface area contributed by atoms with Crippen molar-refractivity contribution in [2.45, 2.75) is 13.2 Å². The Hall–Kier alpha value is -3.94. The van der Waals surface area contributed by atoms with Gasteiger partial charge in [-0.05, 0) is 48.5 Å². The zero-order valence-corrected chi connectivity index (χ0v) is 15.7. The number of rotatable bonds is 7. The van der Waals surface area contributed by atoms with Crippen LogP contribution in [0.3, 0.4) is 0 Å². The van der Waals surface area contributed by atoms with E-state index >= 15 is 0 Å². The molecule has 0 saturated heterocycles. The normalized spacial score (nSPS) is 10.9. The van der Waals surface area contributed by atoms with E-state index in [1.165, 1.54) is 24.3 Å². The highest BCUT2D eigenvalue weighted by molar-refractivity contribution is 6.06. The summed E-state index contributed by atoms with van der Waals surface area (Å²) in [6, 6.07) is 18.2. The van der Waals surface area contributed by atoms with Crippen molar-refractivity contribution in [1.82, 2.24) is 9.38 Å². The minimum Gasteiger partial charge on any atom is -0.486 e.